The molecule has 3 N–H and O–H groups in total. The van der Waals surface area contributed by atoms with E-state index in [1.165, 1.54) is 24.3 Å². The van der Waals surface area contributed by atoms with E-state index in [1.54, 1.807) is 17.0 Å². The van der Waals surface area contributed by atoms with Gasteiger partial charge in [-0.3, -0.25) is 9.52 Å². The average molecular weight is 561 g/mol. The number of hydrogen-bond donors (Lipinski definition) is 3. The molecule has 2 bridgehead atoms. The predicted molar refractivity (Wildman–Crippen MR) is 138 cm³/mol. The molecule has 4 aliphatic rings. The molecule has 38 heavy (non-hydrogen) atoms. The standard InChI is InChI=1S/C25H25FN4O6S2/c1-37(33,34)28-17-8-9-18-19(11-17)38(35,36)29-24(27-18)21-23(31)20-14-4-5-15(10-14)22(20)30(25(21)32)12-13-2-6-16(26)7-3-13/h2-3,6-9,11,14-15,20,22,28,31H,4-5,10,12H2,1H3,(H,27,29)/t14-,15+,20+,22?/m0/s1. The largest absolute Gasteiger partial charge is 0.511 e. The highest BCUT2D eigenvalue weighted by Crippen LogP contribution is 2.55. The Kier molecular flexibility index (Phi) is 5.58. The van der Waals surface area contributed by atoms with Crippen LogP contribution in [0.25, 0.3) is 0 Å². The van der Waals surface area contributed by atoms with Crippen LogP contribution in [-0.2, 0) is 31.4 Å². The number of benzene rings is 2. The van der Waals surface area contributed by atoms with E-state index in [0.717, 1.165) is 31.6 Å². The maximum absolute atomic E-state index is 13.9. The van der Waals surface area contributed by atoms with Crippen molar-refractivity contribution in [2.75, 3.05) is 16.3 Å². The Hall–Kier alpha value is -3.45. The van der Waals surface area contributed by atoms with E-state index in [9.17, 15) is 31.1 Å². The zero-order valence-corrected chi connectivity index (χ0v) is 21.9. The molecule has 6 rings (SSSR count). The lowest BCUT2D eigenvalue weighted by atomic mass is 9.77. The summed E-state index contributed by atoms with van der Waals surface area (Å²) in [7, 11) is -7.99. The molecule has 4 atom stereocenters. The molecule has 200 valence electrons. The molecule has 0 radical (unpaired) electrons. The van der Waals surface area contributed by atoms with Crippen LogP contribution in [0.3, 0.4) is 0 Å². The van der Waals surface area contributed by atoms with Crippen molar-refractivity contribution in [2.45, 2.75) is 36.7 Å². The molecule has 1 unspecified atom stereocenters. The average Bonchev–Trinajstić information content (AvgIpc) is 3.45. The van der Waals surface area contributed by atoms with Crippen LogP contribution < -0.4 is 10.0 Å². The summed E-state index contributed by atoms with van der Waals surface area (Å²) in [5, 5.41) is 14.3. The summed E-state index contributed by atoms with van der Waals surface area (Å²) in [6.07, 6.45) is 3.64. The fraction of sp³-hybridized carbons (Fsp3) is 0.360. The Morgan fingerprint density at radius 3 is 2.58 bits per heavy atom. The van der Waals surface area contributed by atoms with E-state index in [1.807, 2.05) is 0 Å². The van der Waals surface area contributed by atoms with Gasteiger partial charge in [0.25, 0.3) is 15.9 Å². The molecule has 2 saturated carbocycles. The molecule has 2 aliphatic carbocycles. The molecule has 13 heteroatoms. The van der Waals surface area contributed by atoms with Gasteiger partial charge in [0, 0.05) is 24.2 Å². The van der Waals surface area contributed by atoms with Gasteiger partial charge in [-0.15, -0.1) is 4.40 Å². The Bertz CT molecular complexity index is 1640. The summed E-state index contributed by atoms with van der Waals surface area (Å²) in [4.78, 5) is 15.3. The number of carbonyl (C=O) groups excluding carboxylic acids is 1. The highest BCUT2D eigenvalue weighted by molar-refractivity contribution is 7.92. The first-order valence-corrected chi connectivity index (χ1v) is 15.5. The molecule has 2 fully saturated rings. The van der Waals surface area contributed by atoms with Crippen molar-refractivity contribution in [3.63, 3.8) is 0 Å². The second-order valence-electron chi connectivity index (χ2n) is 10.3. The van der Waals surface area contributed by atoms with E-state index >= 15 is 0 Å². The second-order valence-corrected chi connectivity index (χ2v) is 13.6. The topological polar surface area (TPSA) is 145 Å². The first-order valence-electron chi connectivity index (χ1n) is 12.1. The minimum absolute atomic E-state index is 0.0429. The number of nitrogens with zero attached hydrogens (tertiary/aromatic N) is 2. The van der Waals surface area contributed by atoms with E-state index in [-0.39, 0.29) is 63.8 Å². The van der Waals surface area contributed by atoms with Crippen molar-refractivity contribution in [2.24, 2.45) is 22.2 Å². The first-order chi connectivity index (χ1) is 17.9. The molecular weight excluding hydrogens is 535 g/mol. The number of amides is 1. The molecule has 0 spiro atoms. The zero-order valence-electron chi connectivity index (χ0n) is 20.3. The highest BCUT2D eigenvalue weighted by atomic mass is 32.2. The minimum Gasteiger partial charge on any atom is -0.511 e. The highest BCUT2D eigenvalue weighted by Gasteiger charge is 2.57. The van der Waals surface area contributed by atoms with Gasteiger partial charge in [0.15, 0.2) is 5.84 Å². The Morgan fingerprint density at radius 2 is 1.87 bits per heavy atom. The summed E-state index contributed by atoms with van der Waals surface area (Å²) in [6, 6.07) is 9.49. The molecule has 2 heterocycles. The van der Waals surface area contributed by atoms with Crippen molar-refractivity contribution < 1.29 is 31.1 Å². The van der Waals surface area contributed by atoms with E-state index in [2.05, 4.69) is 14.4 Å². The number of amidine groups is 1. The molecule has 0 saturated heterocycles. The molecule has 10 nitrogen and oxygen atoms in total. The third kappa shape index (κ3) is 4.13. The van der Waals surface area contributed by atoms with Crippen molar-refractivity contribution in [1.82, 2.24) is 4.90 Å². The van der Waals surface area contributed by atoms with Gasteiger partial charge in [-0.2, -0.15) is 8.42 Å². The molecule has 0 aromatic heterocycles. The third-order valence-corrected chi connectivity index (χ3v) is 9.73. The second kappa shape index (κ2) is 8.53. The first kappa shape index (κ1) is 24.9. The zero-order chi connectivity index (χ0) is 27.0. The number of rotatable bonds is 5. The Morgan fingerprint density at radius 1 is 1.16 bits per heavy atom. The van der Waals surface area contributed by atoms with Crippen LogP contribution in [0.2, 0.25) is 0 Å². The van der Waals surface area contributed by atoms with Crippen LogP contribution in [0.1, 0.15) is 24.8 Å². The normalized spacial score (nSPS) is 27.5. The number of aliphatic hydroxyl groups excluding tert-OH is 1. The van der Waals surface area contributed by atoms with Crippen LogP contribution >= 0.6 is 0 Å². The number of halogens is 1. The molecule has 2 aromatic rings. The molecular formula is C25H25FN4O6S2. The van der Waals surface area contributed by atoms with E-state index < -0.39 is 31.8 Å². The number of fused-ring (bicyclic) bond motifs is 6. The summed E-state index contributed by atoms with van der Waals surface area (Å²) < 4.78 is 69.0. The van der Waals surface area contributed by atoms with E-state index in [4.69, 9.17) is 0 Å². The Balaban J connectivity index is 1.41. The van der Waals surface area contributed by atoms with Crippen LogP contribution in [0.4, 0.5) is 15.8 Å². The summed E-state index contributed by atoms with van der Waals surface area (Å²) in [5.41, 5.74) is 0.654. The van der Waals surface area contributed by atoms with Gasteiger partial charge >= 0.3 is 0 Å². The number of carbonyl (C=O) groups is 1. The molecule has 2 aromatic carbocycles. The minimum atomic E-state index is -4.35. The SMILES string of the molecule is CS(=O)(=O)Nc1ccc2c(c1)S(=O)(=O)N=C(C1=C(O)[C@H]3C([C@@H]4CC[C@H]3C4)N(Cc3ccc(F)cc3)C1=O)N2. The van der Waals surface area contributed by atoms with E-state index in [0.29, 0.717) is 5.56 Å². The van der Waals surface area contributed by atoms with Crippen molar-refractivity contribution in [3.05, 3.63) is 65.2 Å². The van der Waals surface area contributed by atoms with Gasteiger partial charge < -0.3 is 15.3 Å². The van der Waals surface area contributed by atoms with Gasteiger partial charge in [-0.1, -0.05) is 12.1 Å². The summed E-state index contributed by atoms with van der Waals surface area (Å²) in [6.45, 7) is 0.178. The van der Waals surface area contributed by atoms with Gasteiger partial charge in [0.05, 0.1) is 11.9 Å². The van der Waals surface area contributed by atoms with Gasteiger partial charge in [-0.05, 0) is 67.0 Å². The molecule has 2 aliphatic heterocycles. The lowest BCUT2D eigenvalue weighted by molar-refractivity contribution is -0.134. The van der Waals surface area contributed by atoms with Gasteiger partial charge in [0.1, 0.15) is 22.0 Å². The summed E-state index contributed by atoms with van der Waals surface area (Å²) in [5.74, 6) is -1.38. The van der Waals surface area contributed by atoms with Crippen LogP contribution in [0.5, 0.6) is 0 Å². The number of sulfonamides is 2. The maximum atomic E-state index is 13.9. The monoisotopic (exact) mass is 560 g/mol. The summed E-state index contributed by atoms with van der Waals surface area (Å²) >= 11 is 0. The Labute approximate surface area is 219 Å². The van der Waals surface area contributed by atoms with Crippen molar-refractivity contribution in [3.8, 4) is 0 Å². The smallest absolute Gasteiger partial charge is 0.286 e. The van der Waals surface area contributed by atoms with Crippen molar-refractivity contribution >= 4 is 43.2 Å². The quantitative estimate of drug-likeness (QED) is 0.510. The number of anilines is 2. The van der Waals surface area contributed by atoms with Gasteiger partial charge in [0.2, 0.25) is 10.0 Å². The third-order valence-electron chi connectivity index (χ3n) is 7.81. The molecule has 1 amide bonds. The lowest BCUT2D eigenvalue weighted by Gasteiger charge is -2.44. The maximum Gasteiger partial charge on any atom is 0.286 e. The number of hydrogen-bond acceptors (Lipinski definition) is 7. The fourth-order valence-electron chi connectivity index (χ4n) is 6.38. The predicted octanol–water partition coefficient (Wildman–Crippen LogP) is 2.98. The lowest BCUT2D eigenvalue weighted by Crippen LogP contribution is -2.53. The van der Waals surface area contributed by atoms with Crippen LogP contribution in [0, 0.1) is 23.6 Å². The van der Waals surface area contributed by atoms with Gasteiger partial charge in [-0.25, -0.2) is 12.8 Å². The van der Waals surface area contributed by atoms with Crippen LogP contribution in [0.15, 0.2) is 63.1 Å². The van der Waals surface area contributed by atoms with Crippen LogP contribution in [-0.4, -0.2) is 50.9 Å². The number of nitrogens with one attached hydrogen (secondary N) is 2. The van der Waals surface area contributed by atoms with Crippen molar-refractivity contribution in [1.29, 1.82) is 0 Å². The fourth-order valence-corrected chi connectivity index (χ4v) is 8.08. The number of aliphatic hydroxyl groups is 1.